The number of ether oxygens (including phenoxy) is 1. The Morgan fingerprint density at radius 3 is 2.69 bits per heavy atom. The van der Waals surface area contributed by atoms with Gasteiger partial charge < -0.3 is 15.4 Å². The molecular weight excluding hydrogens is 401 g/mol. The Hall–Kier alpha value is -2.60. The predicted octanol–water partition coefficient (Wildman–Crippen LogP) is 2.84. The van der Waals surface area contributed by atoms with E-state index in [4.69, 9.17) is 33.2 Å². The highest BCUT2D eigenvalue weighted by Crippen LogP contribution is 2.22. The highest BCUT2D eigenvalue weighted by Gasteiger charge is 2.14. The fourth-order valence-corrected chi connectivity index (χ4v) is 3.02. The first-order valence-corrected chi connectivity index (χ1v) is 8.70. The molecule has 0 saturated heterocycles. The minimum absolute atomic E-state index is 0.145. The topological polar surface area (TPSA) is 108 Å². The fourth-order valence-electron chi connectivity index (χ4n) is 1.78. The van der Waals surface area contributed by atoms with Gasteiger partial charge in [0.05, 0.1) is 16.1 Å². The summed E-state index contributed by atoms with van der Waals surface area (Å²) >= 11 is 12.8. The van der Waals surface area contributed by atoms with Crippen molar-refractivity contribution in [3.8, 4) is 6.07 Å². The van der Waals surface area contributed by atoms with Crippen molar-refractivity contribution in [3.63, 3.8) is 0 Å². The van der Waals surface area contributed by atoms with Crippen LogP contribution in [0.1, 0.15) is 15.9 Å². The van der Waals surface area contributed by atoms with Crippen molar-refractivity contribution in [2.45, 2.75) is 0 Å². The largest absolute Gasteiger partial charge is 0.454 e. The van der Waals surface area contributed by atoms with E-state index >= 15 is 0 Å². The van der Waals surface area contributed by atoms with Crippen molar-refractivity contribution in [1.29, 1.82) is 5.26 Å². The number of halogens is 2. The van der Waals surface area contributed by atoms with E-state index < -0.39 is 30.9 Å². The molecule has 0 saturated carbocycles. The number of nitrogens with one attached hydrogen (secondary N) is 2. The molecule has 10 heteroatoms. The van der Waals surface area contributed by atoms with Crippen molar-refractivity contribution in [3.05, 3.63) is 50.8 Å². The molecule has 26 heavy (non-hydrogen) atoms. The molecule has 7 nitrogen and oxygen atoms in total. The van der Waals surface area contributed by atoms with Crippen molar-refractivity contribution in [2.75, 3.05) is 18.5 Å². The number of thiophene rings is 1. The summed E-state index contributed by atoms with van der Waals surface area (Å²) in [4.78, 5) is 35.3. The molecule has 0 aliphatic rings. The third-order valence-corrected chi connectivity index (χ3v) is 4.35. The molecule has 0 aliphatic carbocycles. The van der Waals surface area contributed by atoms with Gasteiger partial charge >= 0.3 is 5.97 Å². The second kappa shape index (κ2) is 9.20. The molecule has 1 aromatic carbocycles. The van der Waals surface area contributed by atoms with Crippen molar-refractivity contribution in [2.24, 2.45) is 0 Å². The Morgan fingerprint density at radius 2 is 2.00 bits per heavy atom. The maximum absolute atomic E-state index is 11.9. The molecule has 1 heterocycles. The van der Waals surface area contributed by atoms with E-state index in [1.165, 1.54) is 29.5 Å². The van der Waals surface area contributed by atoms with Gasteiger partial charge in [0.25, 0.3) is 11.8 Å². The number of nitrogens with zero attached hydrogens (tertiary/aromatic N) is 1. The Labute approximate surface area is 162 Å². The molecule has 1 aromatic heterocycles. The van der Waals surface area contributed by atoms with Gasteiger partial charge in [0.15, 0.2) is 6.61 Å². The van der Waals surface area contributed by atoms with Gasteiger partial charge in [-0.25, -0.2) is 0 Å². The van der Waals surface area contributed by atoms with Crippen LogP contribution in [-0.2, 0) is 14.3 Å². The number of carbonyl (C=O) groups excluding carboxylic acids is 3. The third kappa shape index (κ3) is 5.46. The van der Waals surface area contributed by atoms with Crippen molar-refractivity contribution < 1.29 is 19.1 Å². The summed E-state index contributed by atoms with van der Waals surface area (Å²) < 4.78 is 4.76. The number of benzene rings is 1. The highest BCUT2D eigenvalue weighted by molar-refractivity contribution is 7.14. The van der Waals surface area contributed by atoms with E-state index in [2.05, 4.69) is 10.6 Å². The number of carbonyl (C=O) groups is 3. The zero-order valence-electron chi connectivity index (χ0n) is 13.0. The van der Waals surface area contributed by atoms with Crippen LogP contribution in [0.2, 0.25) is 10.0 Å². The maximum Gasteiger partial charge on any atom is 0.325 e. The minimum Gasteiger partial charge on any atom is -0.454 e. The number of anilines is 1. The minimum atomic E-state index is -0.801. The van der Waals surface area contributed by atoms with Gasteiger partial charge in [0.2, 0.25) is 0 Å². The van der Waals surface area contributed by atoms with E-state index in [1.54, 1.807) is 11.4 Å². The number of rotatable bonds is 6. The smallest absolute Gasteiger partial charge is 0.325 e. The lowest BCUT2D eigenvalue weighted by atomic mass is 10.2. The van der Waals surface area contributed by atoms with Crippen LogP contribution < -0.4 is 10.6 Å². The van der Waals surface area contributed by atoms with Crippen LogP contribution in [0.25, 0.3) is 0 Å². The second-order valence-electron chi connectivity index (χ2n) is 4.79. The van der Waals surface area contributed by atoms with E-state index in [1.807, 2.05) is 6.07 Å². The average molecular weight is 412 g/mol. The van der Waals surface area contributed by atoms with Crippen LogP contribution >= 0.6 is 34.5 Å². The Bertz CT molecular complexity index is 892. The summed E-state index contributed by atoms with van der Waals surface area (Å²) in [5.74, 6) is -1.97. The maximum atomic E-state index is 11.9. The zero-order valence-corrected chi connectivity index (χ0v) is 15.4. The molecule has 2 rings (SSSR count). The van der Waals surface area contributed by atoms with Crippen LogP contribution in [0.3, 0.4) is 0 Å². The Morgan fingerprint density at radius 1 is 1.23 bits per heavy atom. The number of hydrogen-bond donors (Lipinski definition) is 2. The number of hydrogen-bond acceptors (Lipinski definition) is 6. The molecule has 0 aliphatic heterocycles. The van der Waals surface area contributed by atoms with Gasteiger partial charge in [-0.2, -0.15) is 5.26 Å². The van der Waals surface area contributed by atoms with Crippen LogP contribution in [-0.4, -0.2) is 30.9 Å². The molecule has 2 N–H and O–H groups in total. The predicted molar refractivity (Wildman–Crippen MR) is 97.4 cm³/mol. The number of nitriles is 1. The van der Waals surface area contributed by atoms with E-state index in [0.29, 0.717) is 15.6 Å². The average Bonchev–Trinajstić information content (AvgIpc) is 3.05. The zero-order chi connectivity index (χ0) is 19.1. The first-order valence-electron chi connectivity index (χ1n) is 7.07. The van der Waals surface area contributed by atoms with Crippen LogP contribution in [0, 0.1) is 11.3 Å². The summed E-state index contributed by atoms with van der Waals surface area (Å²) in [6.45, 7) is -0.979. The number of esters is 1. The first kappa shape index (κ1) is 19.7. The second-order valence-corrected chi connectivity index (χ2v) is 6.55. The monoisotopic (exact) mass is 411 g/mol. The van der Waals surface area contributed by atoms with E-state index in [-0.39, 0.29) is 10.6 Å². The molecule has 0 spiro atoms. The standard InChI is InChI=1S/C16H11Cl2N3O4S/c17-10-1-2-11(12(18)5-10)15(24)20-7-14(23)25-8-13(22)21-16-9(6-19)3-4-26-16/h1-5H,7-8H2,(H,20,24)(H,21,22). The number of amides is 2. The lowest BCUT2D eigenvalue weighted by Gasteiger charge is -2.08. The molecule has 0 bridgehead atoms. The van der Waals surface area contributed by atoms with Gasteiger partial charge in [0.1, 0.15) is 17.6 Å². The highest BCUT2D eigenvalue weighted by atomic mass is 35.5. The summed E-state index contributed by atoms with van der Waals surface area (Å²) in [5.41, 5.74) is 0.477. The SMILES string of the molecule is N#Cc1ccsc1NC(=O)COC(=O)CNC(=O)c1ccc(Cl)cc1Cl. The van der Waals surface area contributed by atoms with Gasteiger partial charge in [-0.05, 0) is 29.6 Å². The molecule has 0 atom stereocenters. The Balaban J connectivity index is 1.77. The first-order chi connectivity index (χ1) is 12.4. The molecule has 2 aromatic rings. The van der Waals surface area contributed by atoms with E-state index in [9.17, 15) is 14.4 Å². The van der Waals surface area contributed by atoms with E-state index in [0.717, 1.165) is 0 Å². The van der Waals surface area contributed by atoms with Crippen LogP contribution in [0.5, 0.6) is 0 Å². The summed E-state index contributed by atoms with van der Waals surface area (Å²) in [5, 5.41) is 16.2. The van der Waals surface area contributed by atoms with Gasteiger partial charge in [-0.3, -0.25) is 14.4 Å². The van der Waals surface area contributed by atoms with Gasteiger partial charge in [-0.1, -0.05) is 23.2 Å². The van der Waals surface area contributed by atoms with Gasteiger partial charge in [-0.15, -0.1) is 11.3 Å². The molecule has 134 valence electrons. The lowest BCUT2D eigenvalue weighted by molar-refractivity contribution is -0.146. The van der Waals surface area contributed by atoms with Crippen LogP contribution in [0.15, 0.2) is 29.6 Å². The van der Waals surface area contributed by atoms with Crippen molar-refractivity contribution in [1.82, 2.24) is 5.32 Å². The van der Waals surface area contributed by atoms with Crippen molar-refractivity contribution >= 4 is 57.3 Å². The third-order valence-electron chi connectivity index (χ3n) is 2.97. The summed E-state index contributed by atoms with van der Waals surface area (Å²) in [7, 11) is 0. The quantitative estimate of drug-likeness (QED) is 0.710. The molecule has 0 fully saturated rings. The Kier molecular flexibility index (Phi) is 6.97. The molecule has 2 amide bonds. The normalized spacial score (nSPS) is 9.88. The van der Waals surface area contributed by atoms with Gasteiger partial charge in [0, 0.05) is 5.02 Å². The fraction of sp³-hybridized carbons (Fsp3) is 0.125. The molecular formula is C16H11Cl2N3O4S. The molecule has 0 unspecified atom stereocenters. The molecule has 0 radical (unpaired) electrons. The summed E-state index contributed by atoms with van der Waals surface area (Å²) in [6.07, 6.45) is 0. The lowest BCUT2D eigenvalue weighted by Crippen LogP contribution is -2.32. The van der Waals surface area contributed by atoms with Crippen LogP contribution in [0.4, 0.5) is 5.00 Å². The summed E-state index contributed by atoms with van der Waals surface area (Å²) in [6, 6.07) is 7.80.